The lowest BCUT2D eigenvalue weighted by Crippen LogP contribution is -2.53. The highest BCUT2D eigenvalue weighted by atomic mass is 16.6. The van der Waals surface area contributed by atoms with Crippen LogP contribution in [0.4, 0.5) is 0 Å². The van der Waals surface area contributed by atoms with E-state index in [9.17, 15) is 9.59 Å². The predicted molar refractivity (Wildman–Crippen MR) is 77.9 cm³/mol. The smallest absolute Gasteiger partial charge is 0.375 e. The van der Waals surface area contributed by atoms with Gasteiger partial charge in [0.2, 0.25) is 5.78 Å². The SMILES string of the molecule is CC(C)(C)OC(=O)C(=O)C(C)(C(C)(C)C)C(C)(C)C. The Kier molecular flexibility index (Phi) is 4.69. The van der Waals surface area contributed by atoms with E-state index in [0.29, 0.717) is 0 Å². The van der Waals surface area contributed by atoms with Gasteiger partial charge < -0.3 is 4.74 Å². The summed E-state index contributed by atoms with van der Waals surface area (Å²) in [6.07, 6.45) is 0. The summed E-state index contributed by atoms with van der Waals surface area (Å²) in [6.45, 7) is 19.1. The van der Waals surface area contributed by atoms with Crippen molar-refractivity contribution < 1.29 is 14.3 Å². The highest BCUT2D eigenvalue weighted by Crippen LogP contribution is 2.52. The van der Waals surface area contributed by atoms with Crippen molar-refractivity contribution in [1.29, 1.82) is 0 Å². The summed E-state index contributed by atoms with van der Waals surface area (Å²) >= 11 is 0. The highest BCUT2D eigenvalue weighted by Gasteiger charge is 2.55. The summed E-state index contributed by atoms with van der Waals surface area (Å²) < 4.78 is 5.25. The predicted octanol–water partition coefficient (Wildman–Crippen LogP) is 4.00. The van der Waals surface area contributed by atoms with Crippen LogP contribution in [-0.2, 0) is 14.3 Å². The maximum Gasteiger partial charge on any atom is 0.375 e. The van der Waals surface area contributed by atoms with E-state index in [2.05, 4.69) is 0 Å². The third kappa shape index (κ3) is 3.80. The fourth-order valence-corrected chi connectivity index (χ4v) is 2.33. The van der Waals surface area contributed by atoms with Crippen LogP contribution in [0.5, 0.6) is 0 Å². The van der Waals surface area contributed by atoms with Crippen LogP contribution >= 0.6 is 0 Å². The second-order valence-electron chi connectivity index (χ2n) is 8.46. The normalized spacial score (nSPS) is 14.2. The fourth-order valence-electron chi connectivity index (χ4n) is 2.33. The van der Waals surface area contributed by atoms with E-state index >= 15 is 0 Å². The molecular weight excluding hydrogens is 240 g/mol. The number of Topliss-reactive ketones (excluding diaryl/α,β-unsaturated/α-hetero) is 1. The Morgan fingerprint density at radius 2 is 1.00 bits per heavy atom. The lowest BCUT2D eigenvalue weighted by Gasteiger charge is -2.49. The van der Waals surface area contributed by atoms with E-state index in [1.54, 1.807) is 20.8 Å². The van der Waals surface area contributed by atoms with Gasteiger partial charge >= 0.3 is 5.97 Å². The monoisotopic (exact) mass is 270 g/mol. The van der Waals surface area contributed by atoms with Crippen molar-refractivity contribution >= 4 is 11.8 Å². The Balaban J connectivity index is 5.58. The summed E-state index contributed by atoms with van der Waals surface area (Å²) in [4.78, 5) is 24.8. The molecule has 0 radical (unpaired) electrons. The molecule has 0 bridgehead atoms. The molecule has 0 heterocycles. The zero-order chi connectivity index (χ0) is 15.9. The van der Waals surface area contributed by atoms with Crippen molar-refractivity contribution in [2.75, 3.05) is 0 Å². The van der Waals surface area contributed by atoms with E-state index in [1.165, 1.54) is 0 Å². The lowest BCUT2D eigenvalue weighted by atomic mass is 9.53. The Labute approximate surface area is 118 Å². The van der Waals surface area contributed by atoms with Crippen LogP contribution in [0.1, 0.15) is 69.2 Å². The molecule has 19 heavy (non-hydrogen) atoms. The van der Waals surface area contributed by atoms with Gasteiger partial charge in [-0.15, -0.1) is 0 Å². The average Bonchev–Trinajstić information content (AvgIpc) is 2.08. The van der Waals surface area contributed by atoms with Crippen LogP contribution in [0.15, 0.2) is 0 Å². The van der Waals surface area contributed by atoms with Crippen LogP contribution in [0.25, 0.3) is 0 Å². The quantitative estimate of drug-likeness (QED) is 0.563. The van der Waals surface area contributed by atoms with Crippen molar-refractivity contribution in [2.24, 2.45) is 16.2 Å². The molecule has 3 heteroatoms. The molecule has 0 aliphatic carbocycles. The second kappa shape index (κ2) is 4.92. The van der Waals surface area contributed by atoms with Crippen molar-refractivity contribution in [3.63, 3.8) is 0 Å². The molecule has 0 saturated heterocycles. The maximum absolute atomic E-state index is 12.7. The molecule has 0 N–H and O–H groups in total. The zero-order valence-corrected chi connectivity index (χ0v) is 14.2. The van der Waals surface area contributed by atoms with Gasteiger partial charge in [0.25, 0.3) is 0 Å². The Hall–Kier alpha value is -0.860. The number of ketones is 1. The molecule has 0 aliphatic heterocycles. The zero-order valence-electron chi connectivity index (χ0n) is 14.2. The van der Waals surface area contributed by atoms with E-state index in [1.807, 2.05) is 48.5 Å². The molecule has 0 saturated carbocycles. The third-order valence-corrected chi connectivity index (χ3v) is 4.04. The summed E-state index contributed by atoms with van der Waals surface area (Å²) in [5.74, 6) is -1.18. The van der Waals surface area contributed by atoms with Gasteiger partial charge in [0.05, 0.1) is 0 Å². The first-order valence-electron chi connectivity index (χ1n) is 6.82. The van der Waals surface area contributed by atoms with E-state index in [-0.39, 0.29) is 10.8 Å². The van der Waals surface area contributed by atoms with Crippen molar-refractivity contribution in [3.8, 4) is 0 Å². The molecule has 0 amide bonds. The van der Waals surface area contributed by atoms with Gasteiger partial charge in [-0.3, -0.25) is 4.79 Å². The molecule has 0 aliphatic rings. The van der Waals surface area contributed by atoms with E-state index < -0.39 is 22.8 Å². The molecule has 0 aromatic rings. The van der Waals surface area contributed by atoms with Crippen LogP contribution in [0, 0.1) is 16.2 Å². The number of carbonyl (C=O) groups excluding carboxylic acids is 2. The summed E-state index contributed by atoms with van der Waals surface area (Å²) in [5, 5.41) is 0. The second-order valence-corrected chi connectivity index (χ2v) is 8.46. The van der Waals surface area contributed by atoms with Crippen LogP contribution < -0.4 is 0 Å². The number of hydrogen-bond acceptors (Lipinski definition) is 3. The van der Waals surface area contributed by atoms with Gasteiger partial charge in [-0.05, 0) is 31.6 Å². The Bertz CT molecular complexity index is 345. The minimum absolute atomic E-state index is 0.334. The standard InChI is InChI=1S/C16H30O3/c1-13(2,3)16(10,14(4,5)6)11(17)12(18)19-15(7,8)9/h1-10H3. The molecule has 112 valence electrons. The van der Waals surface area contributed by atoms with Crippen LogP contribution in [0.2, 0.25) is 0 Å². The number of hydrogen-bond donors (Lipinski definition) is 0. The Morgan fingerprint density at radius 1 is 0.684 bits per heavy atom. The van der Waals surface area contributed by atoms with Crippen LogP contribution in [0.3, 0.4) is 0 Å². The number of esters is 1. The van der Waals surface area contributed by atoms with Crippen molar-refractivity contribution in [2.45, 2.75) is 74.8 Å². The number of rotatable bonds is 2. The first kappa shape index (κ1) is 18.1. The highest BCUT2D eigenvalue weighted by molar-refractivity contribution is 6.36. The van der Waals surface area contributed by atoms with Gasteiger partial charge in [0.15, 0.2) is 0 Å². The van der Waals surface area contributed by atoms with Gasteiger partial charge in [-0.1, -0.05) is 48.5 Å². The lowest BCUT2D eigenvalue weighted by molar-refractivity contribution is -0.173. The van der Waals surface area contributed by atoms with Gasteiger partial charge in [-0.25, -0.2) is 4.79 Å². The molecule has 0 atom stereocenters. The minimum Gasteiger partial charge on any atom is -0.454 e. The molecule has 3 nitrogen and oxygen atoms in total. The molecule has 0 aromatic carbocycles. The van der Waals surface area contributed by atoms with E-state index in [0.717, 1.165) is 0 Å². The fraction of sp³-hybridized carbons (Fsp3) is 0.875. The Morgan fingerprint density at radius 3 is 1.21 bits per heavy atom. The number of ether oxygens (including phenoxy) is 1. The topological polar surface area (TPSA) is 43.4 Å². The molecule has 0 unspecified atom stereocenters. The molecule has 0 rings (SSSR count). The van der Waals surface area contributed by atoms with Crippen LogP contribution in [-0.4, -0.2) is 17.4 Å². The molecule has 0 fully saturated rings. The average molecular weight is 270 g/mol. The van der Waals surface area contributed by atoms with Gasteiger partial charge in [-0.2, -0.15) is 0 Å². The first-order valence-corrected chi connectivity index (χ1v) is 6.82. The van der Waals surface area contributed by atoms with Gasteiger partial charge in [0, 0.05) is 5.41 Å². The first-order chi connectivity index (χ1) is 8.04. The minimum atomic E-state index is -0.789. The van der Waals surface area contributed by atoms with Crippen molar-refractivity contribution in [3.05, 3.63) is 0 Å². The summed E-state index contributed by atoms with van der Waals surface area (Å²) in [6, 6.07) is 0. The van der Waals surface area contributed by atoms with Gasteiger partial charge in [0.1, 0.15) is 5.60 Å². The summed E-state index contributed by atoms with van der Waals surface area (Å²) in [7, 11) is 0. The van der Waals surface area contributed by atoms with E-state index in [4.69, 9.17) is 4.74 Å². The molecule has 0 spiro atoms. The molecule has 0 aromatic heterocycles. The van der Waals surface area contributed by atoms with Crippen molar-refractivity contribution in [1.82, 2.24) is 0 Å². The number of carbonyl (C=O) groups is 2. The maximum atomic E-state index is 12.7. The molecular formula is C16H30O3. The largest absolute Gasteiger partial charge is 0.454 e. The summed E-state index contributed by atoms with van der Waals surface area (Å²) in [5.41, 5.74) is -2.11. The third-order valence-electron chi connectivity index (χ3n) is 4.04.